The number of benzene rings is 3. The Balaban J connectivity index is 1.61. The molecule has 0 aliphatic carbocycles. The highest BCUT2D eigenvalue weighted by atomic mass is 19.1. The molecule has 0 aromatic heterocycles. The van der Waals surface area contributed by atoms with Crippen molar-refractivity contribution in [3.63, 3.8) is 0 Å². The average molecular weight is 437 g/mol. The largest absolute Gasteiger partial charge is 0.390 e. The van der Waals surface area contributed by atoms with E-state index in [1.54, 1.807) is 0 Å². The lowest BCUT2D eigenvalue weighted by Gasteiger charge is -2.45. The third kappa shape index (κ3) is 5.23. The smallest absolute Gasteiger partial charge is 0.126 e. The number of nitrogens with zero attached hydrogens (tertiary/aromatic N) is 1. The van der Waals surface area contributed by atoms with Crippen molar-refractivity contribution in [2.45, 2.75) is 49.9 Å². The van der Waals surface area contributed by atoms with E-state index >= 15 is 0 Å². The van der Waals surface area contributed by atoms with Gasteiger partial charge in [0.25, 0.3) is 0 Å². The minimum Gasteiger partial charge on any atom is -0.390 e. The molecular weight excluding hydrogens is 406 g/mol. The first kappa shape index (κ1) is 22.6. The normalized spacial score (nSPS) is 19.1. The molecule has 1 aliphatic heterocycles. The fraction of sp³-hybridized carbons (Fsp3) is 0.333. The Morgan fingerprint density at radius 1 is 0.875 bits per heavy atom. The number of hydrogen-bond donors (Lipinski definition) is 2. The van der Waals surface area contributed by atoms with Gasteiger partial charge < -0.3 is 10.8 Å². The molecule has 1 heterocycles. The molecule has 1 unspecified atom stereocenters. The van der Waals surface area contributed by atoms with E-state index in [-0.39, 0.29) is 18.5 Å². The van der Waals surface area contributed by atoms with Crippen molar-refractivity contribution in [3.8, 4) is 0 Å². The Hall–Kier alpha value is -2.60. The summed E-state index contributed by atoms with van der Waals surface area (Å²) in [6.07, 6.45) is 2.26. The SMILES string of the molecule is N[C@@H](Cc1cc(F)cc(F)c1)C(O)[C@H]1CCCCN1C(c1ccccc1)c1ccccc1. The van der Waals surface area contributed by atoms with Gasteiger partial charge in [-0.2, -0.15) is 0 Å². The van der Waals surface area contributed by atoms with Gasteiger partial charge in [-0.05, 0) is 54.6 Å². The zero-order valence-corrected chi connectivity index (χ0v) is 18.1. The Labute approximate surface area is 188 Å². The molecule has 0 radical (unpaired) electrons. The second kappa shape index (κ2) is 10.3. The molecule has 3 nitrogen and oxygen atoms in total. The second-order valence-electron chi connectivity index (χ2n) is 8.66. The molecule has 168 valence electrons. The highest BCUT2D eigenvalue weighted by molar-refractivity contribution is 5.32. The second-order valence-corrected chi connectivity index (χ2v) is 8.66. The van der Waals surface area contributed by atoms with E-state index in [0.717, 1.165) is 31.9 Å². The zero-order chi connectivity index (χ0) is 22.5. The number of nitrogens with two attached hydrogens (primary N) is 1. The Morgan fingerprint density at radius 2 is 1.44 bits per heavy atom. The van der Waals surface area contributed by atoms with Crippen molar-refractivity contribution < 1.29 is 13.9 Å². The Bertz CT molecular complexity index is 939. The molecule has 0 amide bonds. The maximum Gasteiger partial charge on any atom is 0.126 e. The zero-order valence-electron chi connectivity index (χ0n) is 18.1. The first-order chi connectivity index (χ1) is 15.5. The average Bonchev–Trinajstić information content (AvgIpc) is 2.80. The molecule has 4 rings (SSSR count). The summed E-state index contributed by atoms with van der Waals surface area (Å²) in [5, 5.41) is 11.3. The van der Waals surface area contributed by atoms with Gasteiger partial charge in [-0.25, -0.2) is 8.78 Å². The molecule has 1 saturated heterocycles. The van der Waals surface area contributed by atoms with Crippen LogP contribution < -0.4 is 5.73 Å². The summed E-state index contributed by atoms with van der Waals surface area (Å²) in [5.41, 5.74) is 9.19. The molecule has 32 heavy (non-hydrogen) atoms. The highest BCUT2D eigenvalue weighted by Crippen LogP contribution is 2.35. The highest BCUT2D eigenvalue weighted by Gasteiger charge is 2.37. The summed E-state index contributed by atoms with van der Waals surface area (Å²) in [7, 11) is 0. The Kier molecular flexibility index (Phi) is 7.30. The van der Waals surface area contributed by atoms with Crippen molar-refractivity contribution in [1.82, 2.24) is 4.90 Å². The van der Waals surface area contributed by atoms with E-state index < -0.39 is 23.8 Å². The van der Waals surface area contributed by atoms with Gasteiger partial charge in [0.1, 0.15) is 11.6 Å². The lowest BCUT2D eigenvalue weighted by molar-refractivity contribution is -0.00345. The van der Waals surface area contributed by atoms with Gasteiger partial charge in [0, 0.05) is 18.2 Å². The van der Waals surface area contributed by atoms with Crippen LogP contribution in [0.2, 0.25) is 0 Å². The number of hydrogen-bond acceptors (Lipinski definition) is 3. The quantitative estimate of drug-likeness (QED) is 0.557. The summed E-state index contributed by atoms with van der Waals surface area (Å²) >= 11 is 0. The molecule has 3 aromatic rings. The predicted molar refractivity (Wildman–Crippen MR) is 123 cm³/mol. The fourth-order valence-electron chi connectivity index (χ4n) is 4.92. The van der Waals surface area contributed by atoms with Crippen LogP contribution in [0.1, 0.15) is 42.0 Å². The maximum atomic E-state index is 13.6. The predicted octanol–water partition coefficient (Wildman–Crippen LogP) is 4.84. The summed E-state index contributed by atoms with van der Waals surface area (Å²) in [6.45, 7) is 0.845. The summed E-state index contributed by atoms with van der Waals surface area (Å²) < 4.78 is 27.3. The van der Waals surface area contributed by atoms with Crippen molar-refractivity contribution in [2.75, 3.05) is 6.54 Å². The van der Waals surface area contributed by atoms with E-state index in [4.69, 9.17) is 5.73 Å². The number of aliphatic hydroxyl groups is 1. The summed E-state index contributed by atoms with van der Waals surface area (Å²) in [5.74, 6) is -1.26. The van der Waals surface area contributed by atoms with Crippen LogP contribution in [0.25, 0.3) is 0 Å². The van der Waals surface area contributed by atoms with Crippen LogP contribution in [0.4, 0.5) is 8.78 Å². The third-order valence-electron chi connectivity index (χ3n) is 6.38. The van der Waals surface area contributed by atoms with Gasteiger partial charge in [0.15, 0.2) is 0 Å². The summed E-state index contributed by atoms with van der Waals surface area (Å²) in [4.78, 5) is 2.35. The molecule has 1 aliphatic rings. The molecule has 0 saturated carbocycles. The molecule has 5 heteroatoms. The molecule has 0 spiro atoms. The molecule has 1 fully saturated rings. The van der Waals surface area contributed by atoms with Crippen LogP contribution in [-0.2, 0) is 6.42 Å². The molecule has 3 N–H and O–H groups in total. The van der Waals surface area contributed by atoms with Gasteiger partial charge in [0.05, 0.1) is 12.1 Å². The van der Waals surface area contributed by atoms with Crippen molar-refractivity contribution in [1.29, 1.82) is 0 Å². The van der Waals surface area contributed by atoms with E-state index in [9.17, 15) is 13.9 Å². The monoisotopic (exact) mass is 436 g/mol. The number of piperidine rings is 1. The molecular formula is C27H30F2N2O. The first-order valence-electron chi connectivity index (χ1n) is 11.3. The maximum absolute atomic E-state index is 13.6. The first-order valence-corrected chi connectivity index (χ1v) is 11.3. The summed E-state index contributed by atoms with van der Waals surface area (Å²) in [6, 6.07) is 23.2. The van der Waals surface area contributed by atoms with Gasteiger partial charge in [-0.15, -0.1) is 0 Å². The van der Waals surface area contributed by atoms with Crippen LogP contribution >= 0.6 is 0 Å². The van der Waals surface area contributed by atoms with E-state index in [0.29, 0.717) is 5.56 Å². The van der Waals surface area contributed by atoms with E-state index in [1.807, 2.05) is 36.4 Å². The third-order valence-corrected chi connectivity index (χ3v) is 6.38. The topological polar surface area (TPSA) is 49.5 Å². The Morgan fingerprint density at radius 3 is 2.00 bits per heavy atom. The minimum atomic E-state index is -0.823. The van der Waals surface area contributed by atoms with Crippen LogP contribution in [0.3, 0.4) is 0 Å². The number of likely N-dealkylation sites (tertiary alicyclic amines) is 1. The fourth-order valence-corrected chi connectivity index (χ4v) is 4.92. The molecule has 3 atom stereocenters. The van der Waals surface area contributed by atoms with Crippen molar-refractivity contribution in [3.05, 3.63) is 107 Å². The van der Waals surface area contributed by atoms with Crippen LogP contribution in [0.15, 0.2) is 78.9 Å². The van der Waals surface area contributed by atoms with Gasteiger partial charge in [-0.3, -0.25) is 4.90 Å². The van der Waals surface area contributed by atoms with Crippen LogP contribution in [0, 0.1) is 11.6 Å². The molecule has 3 aromatic carbocycles. The van der Waals surface area contributed by atoms with Gasteiger partial charge >= 0.3 is 0 Å². The van der Waals surface area contributed by atoms with Gasteiger partial charge in [0.2, 0.25) is 0 Å². The van der Waals surface area contributed by atoms with E-state index in [1.165, 1.54) is 23.3 Å². The van der Waals surface area contributed by atoms with Crippen LogP contribution in [0.5, 0.6) is 0 Å². The van der Waals surface area contributed by atoms with Crippen molar-refractivity contribution in [2.24, 2.45) is 5.73 Å². The number of aliphatic hydroxyl groups excluding tert-OH is 1. The lowest BCUT2D eigenvalue weighted by atomic mass is 9.86. The standard InChI is InChI=1S/C27H30F2N2O/c28-22-15-19(16-23(29)18-22)17-24(30)27(32)25-13-7-8-14-31(25)26(20-9-3-1-4-10-20)21-11-5-2-6-12-21/h1-6,9-12,15-16,18,24-27,32H,7-8,13-14,17,30H2/t24-,25+,27?/m0/s1. The minimum absolute atomic E-state index is 0.00355. The van der Waals surface area contributed by atoms with E-state index in [2.05, 4.69) is 29.2 Å². The number of halogens is 2. The van der Waals surface area contributed by atoms with Gasteiger partial charge in [-0.1, -0.05) is 67.1 Å². The van der Waals surface area contributed by atoms with Crippen molar-refractivity contribution >= 4 is 0 Å². The molecule has 0 bridgehead atoms. The number of rotatable bonds is 7. The lowest BCUT2D eigenvalue weighted by Crippen LogP contribution is -2.55. The van der Waals surface area contributed by atoms with Crippen LogP contribution in [-0.4, -0.2) is 34.7 Å².